The summed E-state index contributed by atoms with van der Waals surface area (Å²) >= 11 is 5.93. The zero-order valence-electron chi connectivity index (χ0n) is 19.7. The Morgan fingerprint density at radius 2 is 1.74 bits per heavy atom. The molecule has 0 unspecified atom stereocenters. The highest BCUT2D eigenvalue weighted by Crippen LogP contribution is 2.29. The number of rotatable bonds is 8. The molecule has 0 spiro atoms. The third-order valence-electron chi connectivity index (χ3n) is 5.81. The van der Waals surface area contributed by atoms with Gasteiger partial charge in [-0.1, -0.05) is 44.5 Å². The minimum absolute atomic E-state index is 0.0294. The van der Waals surface area contributed by atoms with E-state index in [0.717, 1.165) is 18.4 Å². The summed E-state index contributed by atoms with van der Waals surface area (Å²) in [6.07, 6.45) is 2.12. The molecule has 178 valence electrons. The van der Waals surface area contributed by atoms with Crippen molar-refractivity contribution in [3.8, 4) is 11.5 Å². The van der Waals surface area contributed by atoms with E-state index in [1.807, 2.05) is 36.4 Å². The molecular weight excluding hydrogens is 452 g/mol. The first-order valence-corrected chi connectivity index (χ1v) is 11.8. The Balaban J connectivity index is 1.31. The van der Waals surface area contributed by atoms with Crippen molar-refractivity contribution in [2.45, 2.75) is 58.0 Å². The third-order valence-corrected chi connectivity index (χ3v) is 6.06. The van der Waals surface area contributed by atoms with Crippen LogP contribution in [0.15, 0.2) is 52.9 Å². The Labute approximate surface area is 204 Å². The first-order chi connectivity index (χ1) is 16.2. The average Bonchev–Trinajstić information content (AvgIpc) is 3.54. The van der Waals surface area contributed by atoms with Gasteiger partial charge in [0.2, 0.25) is 17.7 Å². The van der Waals surface area contributed by atoms with Gasteiger partial charge in [0.25, 0.3) is 5.91 Å². The van der Waals surface area contributed by atoms with Crippen molar-refractivity contribution in [3.05, 3.63) is 70.6 Å². The number of hydrogen-bond donors (Lipinski definition) is 1. The second-order valence-corrected chi connectivity index (χ2v) is 10.0. The summed E-state index contributed by atoms with van der Waals surface area (Å²) in [5.41, 5.74) is 2.55. The summed E-state index contributed by atoms with van der Waals surface area (Å²) in [6, 6.07) is 14.9. The molecular formula is C26H29ClN4O3. The van der Waals surface area contributed by atoms with E-state index in [2.05, 4.69) is 36.3 Å². The van der Waals surface area contributed by atoms with Gasteiger partial charge in [0, 0.05) is 35.2 Å². The molecule has 0 radical (unpaired) electrons. The average molecular weight is 481 g/mol. The lowest BCUT2D eigenvalue weighted by Gasteiger charge is -2.21. The molecule has 1 aliphatic carbocycles. The number of aromatic nitrogens is 2. The quantitative estimate of drug-likeness (QED) is 0.490. The minimum Gasteiger partial charge on any atom is -0.419 e. The van der Waals surface area contributed by atoms with Crippen LogP contribution in [0, 0.1) is 0 Å². The van der Waals surface area contributed by atoms with Crippen molar-refractivity contribution in [1.82, 2.24) is 20.4 Å². The Morgan fingerprint density at radius 1 is 1.06 bits per heavy atom. The van der Waals surface area contributed by atoms with Crippen LogP contribution >= 0.6 is 11.6 Å². The van der Waals surface area contributed by atoms with Crippen LogP contribution in [-0.2, 0) is 16.8 Å². The Bertz CT molecular complexity index is 1150. The second kappa shape index (κ2) is 9.97. The minimum atomic E-state index is -0.185. The van der Waals surface area contributed by atoms with Crippen molar-refractivity contribution >= 4 is 23.4 Å². The fraction of sp³-hybridized carbons (Fsp3) is 0.385. The second-order valence-electron chi connectivity index (χ2n) is 9.59. The van der Waals surface area contributed by atoms with Crippen LogP contribution in [0.3, 0.4) is 0 Å². The van der Waals surface area contributed by atoms with Crippen LogP contribution in [0.1, 0.15) is 61.8 Å². The van der Waals surface area contributed by atoms with Gasteiger partial charge in [-0.05, 0) is 60.2 Å². The SMILES string of the molecule is CC(C)(C)c1ccc(C(=O)NCCC(=O)N(Cc2nnc(-c3ccc(Cl)cc3)o2)C2CC2)cc1. The monoisotopic (exact) mass is 480 g/mol. The van der Waals surface area contributed by atoms with Gasteiger partial charge in [-0.15, -0.1) is 10.2 Å². The van der Waals surface area contributed by atoms with E-state index >= 15 is 0 Å². The van der Waals surface area contributed by atoms with Gasteiger partial charge < -0.3 is 14.6 Å². The summed E-state index contributed by atoms with van der Waals surface area (Å²) < 4.78 is 5.77. The number of benzene rings is 2. The van der Waals surface area contributed by atoms with Crippen molar-refractivity contribution < 1.29 is 14.0 Å². The predicted octanol–water partition coefficient (Wildman–Crippen LogP) is 5.00. The van der Waals surface area contributed by atoms with Crippen LogP contribution in [-0.4, -0.2) is 39.5 Å². The Kier molecular flexibility index (Phi) is 7.03. The standard InChI is InChI=1S/C26H29ClN4O3/c1-26(2,3)19-8-4-17(5-9-19)24(33)28-15-14-23(32)31(21-12-13-21)16-22-29-30-25(34-22)18-6-10-20(27)11-7-18/h4-11,21H,12-16H2,1-3H3,(H,28,33). The van der Waals surface area contributed by atoms with Gasteiger partial charge in [-0.3, -0.25) is 9.59 Å². The molecule has 1 fully saturated rings. The van der Waals surface area contributed by atoms with E-state index in [0.29, 0.717) is 22.4 Å². The normalized spacial score (nSPS) is 13.5. The maximum Gasteiger partial charge on any atom is 0.251 e. The first kappa shape index (κ1) is 24.0. The number of nitrogens with zero attached hydrogens (tertiary/aromatic N) is 3. The van der Waals surface area contributed by atoms with Crippen molar-refractivity contribution in [3.63, 3.8) is 0 Å². The predicted molar refractivity (Wildman–Crippen MR) is 130 cm³/mol. The van der Waals surface area contributed by atoms with Crippen molar-refractivity contribution in [2.24, 2.45) is 0 Å². The van der Waals surface area contributed by atoms with Crippen LogP contribution in [0.2, 0.25) is 5.02 Å². The maximum absolute atomic E-state index is 12.9. The first-order valence-electron chi connectivity index (χ1n) is 11.5. The van der Waals surface area contributed by atoms with Crippen LogP contribution in [0.5, 0.6) is 0 Å². The van der Waals surface area contributed by atoms with Crippen LogP contribution in [0.25, 0.3) is 11.5 Å². The van der Waals surface area contributed by atoms with E-state index < -0.39 is 0 Å². The zero-order valence-corrected chi connectivity index (χ0v) is 20.4. The number of carbonyl (C=O) groups is 2. The lowest BCUT2D eigenvalue weighted by atomic mass is 9.87. The topological polar surface area (TPSA) is 88.3 Å². The highest BCUT2D eigenvalue weighted by molar-refractivity contribution is 6.30. The number of nitrogens with one attached hydrogen (secondary N) is 1. The van der Waals surface area contributed by atoms with Gasteiger partial charge >= 0.3 is 0 Å². The molecule has 8 heteroatoms. The summed E-state index contributed by atoms with van der Waals surface area (Å²) in [5, 5.41) is 11.7. The van der Waals surface area contributed by atoms with Gasteiger partial charge in [-0.2, -0.15) is 0 Å². The number of carbonyl (C=O) groups excluding carboxylic acids is 2. The van der Waals surface area contributed by atoms with E-state index in [4.69, 9.17) is 16.0 Å². The fourth-order valence-electron chi connectivity index (χ4n) is 3.63. The molecule has 1 heterocycles. The molecule has 0 aliphatic heterocycles. The fourth-order valence-corrected chi connectivity index (χ4v) is 3.76. The van der Waals surface area contributed by atoms with Gasteiger partial charge in [0.15, 0.2) is 0 Å². The molecule has 2 amide bonds. The maximum atomic E-state index is 12.9. The molecule has 3 aromatic rings. The van der Waals surface area contributed by atoms with Gasteiger partial charge in [-0.25, -0.2) is 0 Å². The zero-order chi connectivity index (χ0) is 24.3. The molecule has 0 bridgehead atoms. The van der Waals surface area contributed by atoms with Gasteiger partial charge in [0.1, 0.15) is 0 Å². The highest BCUT2D eigenvalue weighted by Gasteiger charge is 2.33. The summed E-state index contributed by atoms with van der Waals surface area (Å²) in [4.78, 5) is 27.1. The summed E-state index contributed by atoms with van der Waals surface area (Å²) in [7, 11) is 0. The van der Waals surface area contributed by atoms with Crippen LogP contribution in [0.4, 0.5) is 0 Å². The largest absolute Gasteiger partial charge is 0.419 e. The molecule has 1 aromatic heterocycles. The molecule has 1 aliphatic rings. The molecule has 4 rings (SSSR count). The molecule has 1 saturated carbocycles. The Hall–Kier alpha value is -3.19. The molecule has 1 N–H and O–H groups in total. The molecule has 7 nitrogen and oxygen atoms in total. The van der Waals surface area contributed by atoms with Gasteiger partial charge in [0.05, 0.1) is 6.54 Å². The third kappa shape index (κ3) is 6.03. The number of amides is 2. The van der Waals surface area contributed by atoms with Crippen molar-refractivity contribution in [2.75, 3.05) is 6.54 Å². The number of halogens is 1. The molecule has 34 heavy (non-hydrogen) atoms. The van der Waals surface area contributed by atoms with E-state index in [1.165, 1.54) is 5.56 Å². The Morgan fingerprint density at radius 3 is 2.35 bits per heavy atom. The highest BCUT2D eigenvalue weighted by atomic mass is 35.5. The van der Waals surface area contributed by atoms with E-state index in [-0.39, 0.29) is 42.8 Å². The lowest BCUT2D eigenvalue weighted by molar-refractivity contribution is -0.132. The molecule has 2 aromatic carbocycles. The number of hydrogen-bond acceptors (Lipinski definition) is 5. The molecule has 0 saturated heterocycles. The smallest absolute Gasteiger partial charge is 0.251 e. The summed E-state index contributed by atoms with van der Waals surface area (Å²) in [6.45, 7) is 6.92. The van der Waals surface area contributed by atoms with Crippen LogP contribution < -0.4 is 5.32 Å². The van der Waals surface area contributed by atoms with E-state index in [1.54, 1.807) is 17.0 Å². The summed E-state index contributed by atoms with van der Waals surface area (Å²) in [5.74, 6) is 0.542. The van der Waals surface area contributed by atoms with E-state index in [9.17, 15) is 9.59 Å². The lowest BCUT2D eigenvalue weighted by Crippen LogP contribution is -2.35. The van der Waals surface area contributed by atoms with Crippen molar-refractivity contribution in [1.29, 1.82) is 0 Å². The molecule has 0 atom stereocenters.